The van der Waals surface area contributed by atoms with Gasteiger partial charge in [0.25, 0.3) is 5.56 Å². The van der Waals surface area contributed by atoms with Gasteiger partial charge in [0.15, 0.2) is 10.9 Å². The van der Waals surface area contributed by atoms with E-state index in [1.807, 2.05) is 49.7 Å². The van der Waals surface area contributed by atoms with E-state index in [1.165, 1.54) is 16.3 Å². The zero-order valence-corrected chi connectivity index (χ0v) is 15.0. The van der Waals surface area contributed by atoms with E-state index in [0.717, 1.165) is 17.0 Å². The van der Waals surface area contributed by atoms with Crippen molar-refractivity contribution in [1.82, 2.24) is 14.1 Å². The van der Waals surface area contributed by atoms with Gasteiger partial charge in [-0.25, -0.2) is 4.98 Å². The maximum absolute atomic E-state index is 12.5. The van der Waals surface area contributed by atoms with Gasteiger partial charge in [0.1, 0.15) is 0 Å². The molecule has 2 aromatic heterocycles. The van der Waals surface area contributed by atoms with Crippen molar-refractivity contribution in [2.45, 2.75) is 19.0 Å². The van der Waals surface area contributed by atoms with E-state index in [9.17, 15) is 9.59 Å². The van der Waals surface area contributed by atoms with Crippen molar-refractivity contribution in [2.24, 2.45) is 14.1 Å². The van der Waals surface area contributed by atoms with Gasteiger partial charge in [-0.05, 0) is 32.0 Å². The molecule has 0 aliphatic carbocycles. The lowest BCUT2D eigenvalue weighted by Crippen LogP contribution is -2.20. The molecule has 0 aliphatic rings. The minimum absolute atomic E-state index is 0.0450. The van der Waals surface area contributed by atoms with Gasteiger partial charge >= 0.3 is 0 Å². The van der Waals surface area contributed by atoms with Crippen LogP contribution in [0.4, 0.5) is 0 Å². The van der Waals surface area contributed by atoms with Gasteiger partial charge in [0, 0.05) is 31.0 Å². The number of para-hydroxylation sites is 1. The Bertz CT molecular complexity index is 1000. The number of Topliss-reactive ketones (excluding diaryl/α,β-unsaturated/α-hetero) is 1. The predicted molar refractivity (Wildman–Crippen MR) is 96.9 cm³/mol. The van der Waals surface area contributed by atoms with E-state index >= 15 is 0 Å². The first kappa shape index (κ1) is 16.5. The van der Waals surface area contributed by atoms with E-state index in [0.29, 0.717) is 16.1 Å². The van der Waals surface area contributed by atoms with Crippen molar-refractivity contribution in [3.63, 3.8) is 0 Å². The zero-order chi connectivity index (χ0) is 17.4. The normalized spacial score (nSPS) is 11.2. The lowest BCUT2D eigenvalue weighted by Gasteiger charge is -2.08. The monoisotopic (exact) mass is 341 g/mol. The molecule has 0 N–H and O–H groups in total. The third kappa shape index (κ3) is 2.78. The lowest BCUT2D eigenvalue weighted by atomic mass is 10.2. The fourth-order valence-electron chi connectivity index (χ4n) is 2.67. The molecule has 0 unspecified atom stereocenters. The second-order valence-electron chi connectivity index (χ2n) is 5.83. The summed E-state index contributed by atoms with van der Waals surface area (Å²) in [6.07, 6.45) is 0. The van der Waals surface area contributed by atoms with Crippen LogP contribution in [0.2, 0.25) is 0 Å². The van der Waals surface area contributed by atoms with Crippen LogP contribution in [0.1, 0.15) is 21.7 Å². The molecule has 5 nitrogen and oxygen atoms in total. The maximum Gasteiger partial charge on any atom is 0.261 e. The average molecular weight is 341 g/mol. The van der Waals surface area contributed by atoms with E-state index in [2.05, 4.69) is 4.98 Å². The van der Waals surface area contributed by atoms with Crippen LogP contribution in [0.3, 0.4) is 0 Å². The number of aromatic nitrogens is 3. The summed E-state index contributed by atoms with van der Waals surface area (Å²) < 4.78 is 3.51. The van der Waals surface area contributed by atoms with Gasteiger partial charge in [-0.3, -0.25) is 14.2 Å². The molecule has 2 heterocycles. The molecule has 3 aromatic rings. The Labute approximate surface area is 144 Å². The van der Waals surface area contributed by atoms with E-state index in [1.54, 1.807) is 13.1 Å². The Kier molecular flexibility index (Phi) is 4.32. The Morgan fingerprint density at radius 2 is 1.88 bits per heavy atom. The standard InChI is InChI=1S/C18H19N3O2S/c1-11-9-14(12(2)20(11)3)16(22)10-24-18-19-15-8-6-5-7-13(15)17(23)21(18)4/h5-9H,10H2,1-4H3. The van der Waals surface area contributed by atoms with Crippen LogP contribution < -0.4 is 5.56 Å². The predicted octanol–water partition coefficient (Wildman–Crippen LogP) is 2.86. The number of benzene rings is 1. The van der Waals surface area contributed by atoms with Gasteiger partial charge in [-0.15, -0.1) is 0 Å². The van der Waals surface area contributed by atoms with Crippen LogP contribution >= 0.6 is 11.8 Å². The molecule has 0 radical (unpaired) electrons. The number of hydrogen-bond donors (Lipinski definition) is 0. The molecule has 0 aliphatic heterocycles. The SMILES string of the molecule is Cc1cc(C(=O)CSc2nc3ccccc3c(=O)n2C)c(C)n1C. The summed E-state index contributed by atoms with van der Waals surface area (Å²) in [4.78, 5) is 29.4. The van der Waals surface area contributed by atoms with Crippen LogP contribution in [0.5, 0.6) is 0 Å². The van der Waals surface area contributed by atoms with Gasteiger partial charge < -0.3 is 4.57 Å². The molecule has 0 atom stereocenters. The molecule has 24 heavy (non-hydrogen) atoms. The Hall–Kier alpha value is -2.34. The number of carbonyl (C=O) groups excluding carboxylic acids is 1. The molecule has 0 saturated carbocycles. The summed E-state index contributed by atoms with van der Waals surface area (Å²) in [6.45, 7) is 3.92. The molecular formula is C18H19N3O2S. The highest BCUT2D eigenvalue weighted by Gasteiger charge is 2.16. The third-order valence-electron chi connectivity index (χ3n) is 4.35. The van der Waals surface area contributed by atoms with Crippen molar-refractivity contribution < 1.29 is 4.79 Å². The van der Waals surface area contributed by atoms with Crippen molar-refractivity contribution >= 4 is 28.4 Å². The fourth-order valence-corrected chi connectivity index (χ4v) is 3.53. The zero-order valence-electron chi connectivity index (χ0n) is 14.2. The first-order valence-corrected chi connectivity index (χ1v) is 8.63. The minimum Gasteiger partial charge on any atom is -0.351 e. The molecule has 6 heteroatoms. The molecule has 124 valence electrons. The van der Waals surface area contributed by atoms with Crippen molar-refractivity contribution in [2.75, 3.05) is 5.75 Å². The highest BCUT2D eigenvalue weighted by atomic mass is 32.2. The molecule has 3 rings (SSSR count). The number of carbonyl (C=O) groups is 1. The maximum atomic E-state index is 12.5. The first-order chi connectivity index (χ1) is 11.4. The van der Waals surface area contributed by atoms with Gasteiger partial charge in [0.2, 0.25) is 0 Å². The number of thioether (sulfide) groups is 1. The van der Waals surface area contributed by atoms with Crippen LogP contribution in [-0.2, 0) is 14.1 Å². The second-order valence-corrected chi connectivity index (χ2v) is 6.77. The average Bonchev–Trinajstić information content (AvgIpc) is 2.84. The van der Waals surface area contributed by atoms with Gasteiger partial charge in [-0.1, -0.05) is 23.9 Å². The van der Waals surface area contributed by atoms with Gasteiger partial charge in [0.05, 0.1) is 16.7 Å². The topological polar surface area (TPSA) is 56.9 Å². The van der Waals surface area contributed by atoms with Crippen LogP contribution in [0.25, 0.3) is 10.9 Å². The van der Waals surface area contributed by atoms with Crippen molar-refractivity contribution in [3.05, 3.63) is 57.6 Å². The largest absolute Gasteiger partial charge is 0.351 e. The Morgan fingerprint density at radius 1 is 1.17 bits per heavy atom. The Balaban J connectivity index is 1.88. The first-order valence-electron chi connectivity index (χ1n) is 7.65. The molecule has 0 spiro atoms. The van der Waals surface area contributed by atoms with Crippen molar-refractivity contribution in [3.8, 4) is 0 Å². The Morgan fingerprint density at radius 3 is 2.54 bits per heavy atom. The molecule has 0 amide bonds. The fraction of sp³-hybridized carbons (Fsp3) is 0.278. The molecule has 1 aromatic carbocycles. The highest BCUT2D eigenvalue weighted by Crippen LogP contribution is 2.20. The number of fused-ring (bicyclic) bond motifs is 1. The quantitative estimate of drug-likeness (QED) is 0.416. The summed E-state index contributed by atoms with van der Waals surface area (Å²) in [6, 6.07) is 9.16. The van der Waals surface area contributed by atoms with E-state index < -0.39 is 0 Å². The number of rotatable bonds is 4. The summed E-state index contributed by atoms with van der Waals surface area (Å²) in [5.74, 6) is 0.298. The number of aryl methyl sites for hydroxylation is 1. The second kappa shape index (κ2) is 6.28. The highest BCUT2D eigenvalue weighted by molar-refractivity contribution is 7.99. The molecule has 0 saturated heterocycles. The van der Waals surface area contributed by atoms with Crippen LogP contribution in [0.15, 0.2) is 40.3 Å². The summed E-state index contributed by atoms with van der Waals surface area (Å²) in [5, 5.41) is 1.14. The number of ketones is 1. The third-order valence-corrected chi connectivity index (χ3v) is 5.38. The van der Waals surface area contributed by atoms with Crippen LogP contribution in [0, 0.1) is 13.8 Å². The number of nitrogens with zero attached hydrogens (tertiary/aromatic N) is 3. The van der Waals surface area contributed by atoms with Crippen LogP contribution in [-0.4, -0.2) is 25.7 Å². The summed E-state index contributed by atoms with van der Waals surface area (Å²) >= 11 is 1.30. The van der Waals surface area contributed by atoms with Crippen molar-refractivity contribution in [1.29, 1.82) is 0 Å². The van der Waals surface area contributed by atoms with E-state index in [4.69, 9.17) is 0 Å². The molecule has 0 fully saturated rings. The summed E-state index contributed by atoms with van der Waals surface area (Å²) in [7, 11) is 3.63. The number of hydrogen-bond acceptors (Lipinski definition) is 4. The van der Waals surface area contributed by atoms with Gasteiger partial charge in [-0.2, -0.15) is 0 Å². The minimum atomic E-state index is -0.0951. The molecular weight excluding hydrogens is 322 g/mol. The smallest absolute Gasteiger partial charge is 0.261 e. The summed E-state index contributed by atoms with van der Waals surface area (Å²) in [5.41, 5.74) is 3.30. The van der Waals surface area contributed by atoms with E-state index in [-0.39, 0.29) is 17.1 Å². The molecule has 0 bridgehead atoms. The lowest BCUT2D eigenvalue weighted by molar-refractivity contribution is 0.102.